The first-order valence-electron chi connectivity index (χ1n) is 8.32. The molecule has 0 aliphatic carbocycles. The fraction of sp³-hybridized carbons (Fsp3) is 0.750. The molecule has 122 valence electrons. The van der Waals surface area contributed by atoms with Crippen LogP contribution < -0.4 is 0 Å². The van der Waals surface area contributed by atoms with Gasteiger partial charge in [0.2, 0.25) is 0 Å². The highest BCUT2D eigenvalue weighted by molar-refractivity contribution is 6.87. The van der Waals surface area contributed by atoms with Gasteiger partial charge in [0.25, 0.3) is 0 Å². The van der Waals surface area contributed by atoms with Crippen molar-refractivity contribution in [3.8, 4) is 0 Å². The van der Waals surface area contributed by atoms with Gasteiger partial charge in [0, 0.05) is 0 Å². The lowest BCUT2D eigenvalue weighted by atomic mass is 9.88. The molecule has 0 saturated heterocycles. The molecule has 0 atom stereocenters. The summed E-state index contributed by atoms with van der Waals surface area (Å²) in [5.41, 5.74) is 0. The van der Waals surface area contributed by atoms with Crippen molar-refractivity contribution >= 4 is 23.8 Å². The molecule has 0 N–H and O–H groups in total. The number of allylic oxidation sites excluding steroid dienone is 2. The Morgan fingerprint density at radius 3 is 1.38 bits per heavy atom. The highest BCUT2D eigenvalue weighted by Crippen LogP contribution is 2.25. The quantitative estimate of drug-likeness (QED) is 0.451. The fourth-order valence-electron chi connectivity index (χ4n) is 2.22. The Bertz CT molecular complexity index is 322. The molecule has 0 fully saturated rings. The Morgan fingerprint density at radius 1 is 0.810 bits per heavy atom. The normalized spacial score (nSPS) is 12.3. The van der Waals surface area contributed by atoms with Crippen LogP contribution in [0.1, 0.15) is 46.5 Å². The molecule has 0 bridgehead atoms. The lowest BCUT2D eigenvalue weighted by molar-refractivity contribution is 0.419. The van der Waals surface area contributed by atoms with Gasteiger partial charge in [0.05, 0.1) is 0 Å². The van der Waals surface area contributed by atoms with E-state index >= 15 is 0 Å². The molecular formula is C16H35BO2Si2. The third kappa shape index (κ3) is 7.13. The third-order valence-corrected chi connectivity index (χ3v) is 9.60. The maximum absolute atomic E-state index is 6.38. The van der Waals surface area contributed by atoms with Gasteiger partial charge in [-0.15, -0.1) is 13.2 Å². The largest absolute Gasteiger partial charge is 0.451 e. The van der Waals surface area contributed by atoms with Gasteiger partial charge in [0.1, 0.15) is 0 Å². The summed E-state index contributed by atoms with van der Waals surface area (Å²) in [5, 5.41) is 2.55. The molecule has 0 aliphatic rings. The molecule has 0 radical (unpaired) electrons. The topological polar surface area (TPSA) is 18.5 Å². The minimum atomic E-state index is -1.89. The van der Waals surface area contributed by atoms with Gasteiger partial charge in [-0.25, -0.2) is 0 Å². The average Bonchev–Trinajstić information content (AvgIpc) is 2.37. The van der Waals surface area contributed by atoms with Gasteiger partial charge in [-0.05, 0) is 45.3 Å². The highest BCUT2D eigenvalue weighted by atomic mass is 28.4. The zero-order valence-electron chi connectivity index (χ0n) is 15.3. The van der Waals surface area contributed by atoms with E-state index in [0.717, 1.165) is 32.0 Å². The zero-order chi connectivity index (χ0) is 16.7. The first-order chi connectivity index (χ1) is 9.60. The van der Waals surface area contributed by atoms with Crippen LogP contribution in [0.15, 0.2) is 23.6 Å². The van der Waals surface area contributed by atoms with Gasteiger partial charge >= 0.3 is 7.12 Å². The van der Waals surface area contributed by atoms with Gasteiger partial charge in [-0.2, -0.15) is 0 Å². The van der Waals surface area contributed by atoms with Gasteiger partial charge in [-0.1, -0.05) is 44.0 Å². The lowest BCUT2D eigenvalue weighted by Gasteiger charge is -2.34. The van der Waals surface area contributed by atoms with E-state index in [1.54, 1.807) is 0 Å². The number of hydrogen-bond donors (Lipinski definition) is 0. The SMILES string of the molecule is C=C(CCC)[Si](C)(C)OB(CC)O[Si](C)(C)C(=C)CCC. The molecule has 0 heterocycles. The molecule has 0 aromatic heterocycles. The van der Waals surface area contributed by atoms with E-state index in [2.05, 4.69) is 60.1 Å². The molecule has 0 aromatic rings. The molecule has 0 saturated carbocycles. The Kier molecular flexibility index (Phi) is 9.09. The molecule has 5 heteroatoms. The molecule has 2 nitrogen and oxygen atoms in total. The van der Waals surface area contributed by atoms with E-state index in [4.69, 9.17) is 8.69 Å². The fourth-order valence-corrected chi connectivity index (χ4v) is 6.10. The van der Waals surface area contributed by atoms with E-state index in [0.29, 0.717) is 0 Å². The second-order valence-corrected chi connectivity index (χ2v) is 14.7. The molecule has 0 aromatic carbocycles. The van der Waals surface area contributed by atoms with Crippen LogP contribution in [0.3, 0.4) is 0 Å². The van der Waals surface area contributed by atoms with Crippen LogP contribution >= 0.6 is 0 Å². The van der Waals surface area contributed by atoms with Crippen LogP contribution in [0.2, 0.25) is 32.5 Å². The van der Waals surface area contributed by atoms with E-state index in [1.807, 2.05) is 0 Å². The van der Waals surface area contributed by atoms with Crippen LogP contribution in [0.5, 0.6) is 0 Å². The zero-order valence-corrected chi connectivity index (χ0v) is 17.3. The summed E-state index contributed by atoms with van der Waals surface area (Å²) in [5.74, 6) is 0. The average molecular weight is 326 g/mol. The standard InChI is InChI=1S/C16H35BO2Si2/c1-10-13-15(4)20(6,7)18-17(12-3)19-21(8,9)16(5)14-11-2/h4-5,10-14H2,1-3,6-9H3. The Hall–Kier alpha value is -0.101. The first-order valence-corrected chi connectivity index (χ1v) is 14.1. The maximum Gasteiger partial charge on any atom is 0.435 e. The van der Waals surface area contributed by atoms with Crippen molar-refractivity contribution in [3.63, 3.8) is 0 Å². The lowest BCUT2D eigenvalue weighted by Crippen LogP contribution is -2.47. The summed E-state index contributed by atoms with van der Waals surface area (Å²) >= 11 is 0. The van der Waals surface area contributed by atoms with Crippen LogP contribution in [0.4, 0.5) is 0 Å². The monoisotopic (exact) mass is 326 g/mol. The van der Waals surface area contributed by atoms with Crippen molar-refractivity contribution in [2.75, 3.05) is 0 Å². The molecule has 0 amide bonds. The second kappa shape index (κ2) is 9.13. The van der Waals surface area contributed by atoms with Crippen molar-refractivity contribution < 1.29 is 8.69 Å². The first kappa shape index (κ1) is 20.9. The second-order valence-electron chi connectivity index (χ2n) is 6.80. The predicted molar refractivity (Wildman–Crippen MR) is 101 cm³/mol. The molecule has 0 rings (SSSR count). The Labute approximate surface area is 135 Å². The molecule has 0 spiro atoms. The van der Waals surface area contributed by atoms with Gasteiger partial charge in [0.15, 0.2) is 16.6 Å². The summed E-state index contributed by atoms with van der Waals surface area (Å²) in [6, 6.07) is 0. The molecule has 0 aliphatic heterocycles. The summed E-state index contributed by atoms with van der Waals surface area (Å²) in [6.45, 7) is 23.9. The van der Waals surface area contributed by atoms with E-state index in [9.17, 15) is 0 Å². The predicted octanol–water partition coefficient (Wildman–Crippen LogP) is 5.73. The number of hydrogen-bond acceptors (Lipinski definition) is 2. The summed E-state index contributed by atoms with van der Waals surface area (Å²) in [7, 11) is -3.90. The van der Waals surface area contributed by atoms with Gasteiger partial charge in [-0.3, -0.25) is 0 Å². The maximum atomic E-state index is 6.38. The summed E-state index contributed by atoms with van der Waals surface area (Å²) in [6.07, 6.45) is 5.25. The Balaban J connectivity index is 4.79. The van der Waals surface area contributed by atoms with Crippen molar-refractivity contribution in [1.29, 1.82) is 0 Å². The summed E-state index contributed by atoms with van der Waals surface area (Å²) in [4.78, 5) is 0. The van der Waals surface area contributed by atoms with Crippen LogP contribution in [0, 0.1) is 0 Å². The Morgan fingerprint density at radius 2 is 1.14 bits per heavy atom. The van der Waals surface area contributed by atoms with Gasteiger partial charge < -0.3 is 8.69 Å². The minimum Gasteiger partial charge on any atom is -0.451 e. The number of rotatable bonds is 11. The molecular weight excluding hydrogens is 291 g/mol. The van der Waals surface area contributed by atoms with E-state index < -0.39 is 16.6 Å². The van der Waals surface area contributed by atoms with E-state index in [1.165, 1.54) is 10.4 Å². The minimum absolute atomic E-state index is 0.115. The van der Waals surface area contributed by atoms with Crippen LogP contribution in [-0.2, 0) is 8.69 Å². The smallest absolute Gasteiger partial charge is 0.435 e. The van der Waals surface area contributed by atoms with Crippen molar-refractivity contribution in [2.45, 2.75) is 79.0 Å². The van der Waals surface area contributed by atoms with Crippen molar-refractivity contribution in [2.24, 2.45) is 0 Å². The van der Waals surface area contributed by atoms with E-state index in [-0.39, 0.29) is 7.12 Å². The molecule has 21 heavy (non-hydrogen) atoms. The van der Waals surface area contributed by atoms with Crippen molar-refractivity contribution in [1.82, 2.24) is 0 Å². The van der Waals surface area contributed by atoms with Crippen LogP contribution in [-0.4, -0.2) is 23.8 Å². The van der Waals surface area contributed by atoms with Crippen molar-refractivity contribution in [3.05, 3.63) is 23.6 Å². The third-order valence-electron chi connectivity index (χ3n) is 3.99. The molecule has 0 unspecified atom stereocenters. The highest BCUT2D eigenvalue weighted by Gasteiger charge is 2.36. The van der Waals surface area contributed by atoms with Crippen LogP contribution in [0.25, 0.3) is 0 Å². The summed E-state index contributed by atoms with van der Waals surface area (Å²) < 4.78 is 12.8.